The number of fused-ring (bicyclic) bond motifs is 1. The third-order valence-corrected chi connectivity index (χ3v) is 4.79. The van der Waals surface area contributed by atoms with Crippen molar-refractivity contribution in [1.29, 1.82) is 0 Å². The lowest BCUT2D eigenvalue weighted by molar-refractivity contribution is 0.190. The topological polar surface area (TPSA) is 33.7 Å². The van der Waals surface area contributed by atoms with Crippen LogP contribution < -0.4 is 14.8 Å². The van der Waals surface area contributed by atoms with Crippen LogP contribution in [0.15, 0.2) is 12.1 Å². The lowest BCUT2D eigenvalue weighted by atomic mass is 9.94. The standard InChI is InChI=1S/C17H26N2O2.ClH/c1-20-16-4-3-14-12-19(10-7-15(14)17(16)21-2)11-13-5-8-18-9-6-13;/h3-4,13,18H,5-12H2,1-2H3;1H. The van der Waals surface area contributed by atoms with Gasteiger partial charge in [-0.1, -0.05) is 6.07 Å². The molecule has 0 aromatic heterocycles. The van der Waals surface area contributed by atoms with E-state index in [1.165, 1.54) is 43.6 Å². The molecule has 0 spiro atoms. The Labute approximate surface area is 139 Å². The molecule has 0 saturated carbocycles. The quantitative estimate of drug-likeness (QED) is 0.921. The second-order valence-corrected chi connectivity index (χ2v) is 6.12. The minimum atomic E-state index is 0. The van der Waals surface area contributed by atoms with Crippen LogP contribution in [0.5, 0.6) is 11.5 Å². The molecule has 5 heteroatoms. The Balaban J connectivity index is 0.00000176. The van der Waals surface area contributed by atoms with Gasteiger partial charge in [0.05, 0.1) is 14.2 Å². The Bertz CT molecular complexity index is 490. The number of halogens is 1. The van der Waals surface area contributed by atoms with Gasteiger partial charge in [0.1, 0.15) is 0 Å². The summed E-state index contributed by atoms with van der Waals surface area (Å²) in [5.41, 5.74) is 2.73. The monoisotopic (exact) mass is 326 g/mol. The van der Waals surface area contributed by atoms with E-state index in [0.717, 1.165) is 36.9 Å². The van der Waals surface area contributed by atoms with E-state index in [2.05, 4.69) is 16.3 Å². The SMILES string of the molecule is COc1ccc2c(c1OC)CCN(CC1CCNCC1)C2.Cl. The van der Waals surface area contributed by atoms with Gasteiger partial charge in [-0.05, 0) is 49.9 Å². The molecule has 1 aromatic carbocycles. The van der Waals surface area contributed by atoms with Crippen molar-refractivity contribution in [2.24, 2.45) is 5.92 Å². The number of nitrogens with one attached hydrogen (secondary N) is 1. The first-order valence-electron chi connectivity index (χ1n) is 7.97. The number of piperidine rings is 1. The Morgan fingerprint density at radius 1 is 1.18 bits per heavy atom. The van der Waals surface area contributed by atoms with Crippen LogP contribution in [0.2, 0.25) is 0 Å². The number of nitrogens with zero attached hydrogens (tertiary/aromatic N) is 1. The van der Waals surface area contributed by atoms with Gasteiger partial charge in [-0.3, -0.25) is 4.90 Å². The van der Waals surface area contributed by atoms with Crippen molar-refractivity contribution >= 4 is 12.4 Å². The molecule has 2 aliphatic rings. The van der Waals surface area contributed by atoms with Gasteiger partial charge in [-0.25, -0.2) is 0 Å². The Morgan fingerprint density at radius 2 is 1.95 bits per heavy atom. The molecule has 0 unspecified atom stereocenters. The zero-order valence-electron chi connectivity index (χ0n) is 13.6. The number of hydrogen-bond acceptors (Lipinski definition) is 4. The minimum absolute atomic E-state index is 0. The van der Waals surface area contributed by atoms with Crippen molar-refractivity contribution in [1.82, 2.24) is 10.2 Å². The summed E-state index contributed by atoms with van der Waals surface area (Å²) < 4.78 is 11.0. The van der Waals surface area contributed by atoms with Crippen LogP contribution in [0.3, 0.4) is 0 Å². The second-order valence-electron chi connectivity index (χ2n) is 6.12. The summed E-state index contributed by atoms with van der Waals surface area (Å²) in [6, 6.07) is 4.23. The van der Waals surface area contributed by atoms with Gasteiger partial charge in [0.25, 0.3) is 0 Å². The molecule has 1 fully saturated rings. The molecule has 3 rings (SSSR count). The van der Waals surface area contributed by atoms with Crippen LogP contribution >= 0.6 is 12.4 Å². The molecule has 2 aliphatic heterocycles. The Kier molecular flexibility index (Phi) is 6.36. The molecular formula is C17H27ClN2O2. The highest BCUT2D eigenvalue weighted by Crippen LogP contribution is 2.36. The first-order chi connectivity index (χ1) is 10.3. The number of hydrogen-bond donors (Lipinski definition) is 1. The van der Waals surface area contributed by atoms with Gasteiger partial charge in [0.15, 0.2) is 11.5 Å². The van der Waals surface area contributed by atoms with Crippen molar-refractivity contribution in [3.8, 4) is 11.5 Å². The van der Waals surface area contributed by atoms with Crippen LogP contribution in [-0.2, 0) is 13.0 Å². The highest BCUT2D eigenvalue weighted by Gasteiger charge is 2.24. The van der Waals surface area contributed by atoms with Gasteiger partial charge >= 0.3 is 0 Å². The van der Waals surface area contributed by atoms with E-state index < -0.39 is 0 Å². The van der Waals surface area contributed by atoms with Crippen LogP contribution in [0.1, 0.15) is 24.0 Å². The summed E-state index contributed by atoms with van der Waals surface area (Å²) in [5.74, 6) is 2.63. The van der Waals surface area contributed by atoms with Gasteiger partial charge in [0, 0.05) is 25.2 Å². The largest absolute Gasteiger partial charge is 0.493 e. The van der Waals surface area contributed by atoms with Crippen molar-refractivity contribution in [3.63, 3.8) is 0 Å². The predicted octanol–water partition coefficient (Wildman–Crippen LogP) is 2.48. The zero-order valence-corrected chi connectivity index (χ0v) is 14.4. The van der Waals surface area contributed by atoms with Crippen LogP contribution in [-0.4, -0.2) is 45.3 Å². The molecule has 1 N–H and O–H groups in total. The second kappa shape index (κ2) is 8.04. The molecule has 0 atom stereocenters. The van der Waals surface area contributed by atoms with Crippen LogP contribution in [0.25, 0.3) is 0 Å². The predicted molar refractivity (Wildman–Crippen MR) is 91.4 cm³/mol. The van der Waals surface area contributed by atoms with Gasteiger partial charge in [-0.2, -0.15) is 0 Å². The fourth-order valence-corrected chi connectivity index (χ4v) is 3.63. The average molecular weight is 327 g/mol. The maximum absolute atomic E-state index is 5.57. The summed E-state index contributed by atoms with van der Waals surface area (Å²) in [7, 11) is 3.44. The number of rotatable bonds is 4. The first kappa shape index (κ1) is 17.4. The fraction of sp³-hybridized carbons (Fsp3) is 0.647. The van der Waals surface area contributed by atoms with Crippen LogP contribution in [0.4, 0.5) is 0 Å². The molecule has 0 amide bonds. The molecule has 0 aliphatic carbocycles. The van der Waals surface area contributed by atoms with E-state index in [1.54, 1.807) is 14.2 Å². The van der Waals surface area contributed by atoms with Gasteiger partial charge in [0.2, 0.25) is 0 Å². The summed E-state index contributed by atoms with van der Waals surface area (Å²) in [6.07, 6.45) is 3.69. The Hall–Kier alpha value is -0.970. The van der Waals surface area contributed by atoms with Crippen molar-refractivity contribution in [3.05, 3.63) is 23.3 Å². The first-order valence-corrected chi connectivity index (χ1v) is 7.97. The molecule has 4 nitrogen and oxygen atoms in total. The summed E-state index contributed by atoms with van der Waals surface area (Å²) in [6.45, 7) is 5.76. The highest BCUT2D eigenvalue weighted by atomic mass is 35.5. The maximum atomic E-state index is 5.57. The minimum Gasteiger partial charge on any atom is -0.493 e. The Morgan fingerprint density at radius 3 is 2.64 bits per heavy atom. The van der Waals surface area contributed by atoms with E-state index in [4.69, 9.17) is 9.47 Å². The lowest BCUT2D eigenvalue weighted by Gasteiger charge is -2.34. The van der Waals surface area contributed by atoms with Crippen molar-refractivity contribution in [2.75, 3.05) is 40.4 Å². The molecule has 1 saturated heterocycles. The molecular weight excluding hydrogens is 300 g/mol. The summed E-state index contributed by atoms with van der Waals surface area (Å²) >= 11 is 0. The summed E-state index contributed by atoms with van der Waals surface area (Å²) in [5, 5.41) is 3.45. The number of benzene rings is 1. The van der Waals surface area contributed by atoms with E-state index >= 15 is 0 Å². The molecule has 0 bridgehead atoms. The normalized spacial score (nSPS) is 19.2. The molecule has 124 valence electrons. The van der Waals surface area contributed by atoms with Gasteiger partial charge in [-0.15, -0.1) is 12.4 Å². The summed E-state index contributed by atoms with van der Waals surface area (Å²) in [4.78, 5) is 2.60. The molecule has 1 aromatic rings. The zero-order chi connectivity index (χ0) is 14.7. The van der Waals surface area contributed by atoms with Crippen molar-refractivity contribution < 1.29 is 9.47 Å². The molecule has 2 heterocycles. The third kappa shape index (κ3) is 3.67. The highest BCUT2D eigenvalue weighted by molar-refractivity contribution is 5.85. The molecule has 22 heavy (non-hydrogen) atoms. The number of methoxy groups -OCH3 is 2. The average Bonchev–Trinajstić information content (AvgIpc) is 2.54. The smallest absolute Gasteiger partial charge is 0.164 e. The van der Waals surface area contributed by atoms with E-state index in [0.29, 0.717) is 0 Å². The maximum Gasteiger partial charge on any atom is 0.164 e. The van der Waals surface area contributed by atoms with E-state index in [-0.39, 0.29) is 12.4 Å². The number of ether oxygens (including phenoxy) is 2. The third-order valence-electron chi connectivity index (χ3n) is 4.79. The van der Waals surface area contributed by atoms with E-state index in [9.17, 15) is 0 Å². The van der Waals surface area contributed by atoms with Crippen LogP contribution in [0, 0.1) is 5.92 Å². The van der Waals surface area contributed by atoms with Crippen molar-refractivity contribution in [2.45, 2.75) is 25.8 Å². The lowest BCUT2D eigenvalue weighted by Crippen LogP contribution is -2.38. The molecule has 0 radical (unpaired) electrons. The fourth-order valence-electron chi connectivity index (χ4n) is 3.63. The van der Waals surface area contributed by atoms with Gasteiger partial charge < -0.3 is 14.8 Å². The van der Waals surface area contributed by atoms with E-state index in [1.807, 2.05) is 6.07 Å².